The Labute approximate surface area is 179 Å². The van der Waals surface area contributed by atoms with Crippen LogP contribution in [0.25, 0.3) is 0 Å². The predicted octanol–water partition coefficient (Wildman–Crippen LogP) is 7.48. The first kappa shape index (κ1) is 20.0. The van der Waals surface area contributed by atoms with Crippen LogP contribution >= 0.6 is 27.5 Å². The molecule has 0 spiro atoms. The molecule has 1 aliphatic rings. The zero-order valence-electron chi connectivity index (χ0n) is 15.0. The minimum atomic E-state index is -4.46. The fourth-order valence-corrected chi connectivity index (χ4v) is 3.82. The average Bonchev–Trinajstić information content (AvgIpc) is 3.14. The molecular weight excluding hydrogens is 465 g/mol. The molecule has 2 nitrogen and oxygen atoms in total. The summed E-state index contributed by atoms with van der Waals surface area (Å²) in [6, 6.07) is 20.3. The number of hydrogen-bond acceptors (Lipinski definition) is 2. The zero-order chi connectivity index (χ0) is 20.6. The Bertz CT molecular complexity index is 1050. The van der Waals surface area contributed by atoms with Crippen LogP contribution < -0.4 is 5.01 Å². The number of hydrazone groups is 1. The fourth-order valence-electron chi connectivity index (χ4n) is 3.35. The van der Waals surface area contributed by atoms with Crippen LogP contribution in [0.4, 0.5) is 18.9 Å². The Kier molecular flexibility index (Phi) is 5.40. The van der Waals surface area contributed by atoms with Gasteiger partial charge in [0.1, 0.15) is 0 Å². The van der Waals surface area contributed by atoms with Gasteiger partial charge in [-0.2, -0.15) is 18.3 Å². The highest BCUT2D eigenvalue weighted by Gasteiger charge is 2.35. The van der Waals surface area contributed by atoms with E-state index in [4.69, 9.17) is 11.6 Å². The second-order valence-electron chi connectivity index (χ2n) is 6.69. The molecule has 0 aliphatic carbocycles. The van der Waals surface area contributed by atoms with Crippen LogP contribution in [0, 0.1) is 0 Å². The van der Waals surface area contributed by atoms with Gasteiger partial charge in [0.15, 0.2) is 0 Å². The molecule has 0 bridgehead atoms. The van der Waals surface area contributed by atoms with E-state index in [9.17, 15) is 13.2 Å². The highest BCUT2D eigenvalue weighted by Crippen LogP contribution is 2.42. The van der Waals surface area contributed by atoms with Crippen molar-refractivity contribution in [2.75, 3.05) is 5.01 Å². The molecule has 0 N–H and O–H groups in total. The lowest BCUT2D eigenvalue weighted by molar-refractivity contribution is -0.137. The van der Waals surface area contributed by atoms with Crippen LogP contribution in [0.15, 0.2) is 82.4 Å². The maximum atomic E-state index is 13.3. The van der Waals surface area contributed by atoms with Gasteiger partial charge in [0.05, 0.1) is 28.0 Å². The summed E-state index contributed by atoms with van der Waals surface area (Å²) in [7, 11) is 0. The molecule has 1 heterocycles. The monoisotopic (exact) mass is 478 g/mol. The number of rotatable bonds is 3. The number of hydrogen-bond donors (Lipinski definition) is 0. The van der Waals surface area contributed by atoms with E-state index in [2.05, 4.69) is 21.0 Å². The molecule has 0 saturated heterocycles. The zero-order valence-corrected chi connectivity index (χ0v) is 17.3. The van der Waals surface area contributed by atoms with Crippen LogP contribution in [0.3, 0.4) is 0 Å². The molecule has 0 unspecified atom stereocenters. The van der Waals surface area contributed by atoms with Gasteiger partial charge in [-0.1, -0.05) is 70.0 Å². The lowest BCUT2D eigenvalue weighted by atomic mass is 9.98. The molecule has 0 amide bonds. The van der Waals surface area contributed by atoms with E-state index >= 15 is 0 Å². The Balaban J connectivity index is 1.81. The molecule has 1 aliphatic heterocycles. The van der Waals surface area contributed by atoms with Crippen molar-refractivity contribution in [2.45, 2.75) is 18.6 Å². The molecule has 1 atom stereocenters. The summed E-state index contributed by atoms with van der Waals surface area (Å²) in [6.07, 6.45) is -3.90. The summed E-state index contributed by atoms with van der Waals surface area (Å²) >= 11 is 9.72. The highest BCUT2D eigenvalue weighted by molar-refractivity contribution is 9.10. The molecule has 4 rings (SSSR count). The van der Waals surface area contributed by atoms with Crippen molar-refractivity contribution in [1.82, 2.24) is 0 Å². The Morgan fingerprint density at radius 1 is 0.966 bits per heavy atom. The van der Waals surface area contributed by atoms with Gasteiger partial charge in [-0.3, -0.25) is 5.01 Å². The van der Waals surface area contributed by atoms with E-state index in [1.807, 2.05) is 54.6 Å². The third kappa shape index (κ3) is 4.19. The van der Waals surface area contributed by atoms with Gasteiger partial charge in [0, 0.05) is 10.9 Å². The second-order valence-corrected chi connectivity index (χ2v) is 8.02. The average molecular weight is 480 g/mol. The summed E-state index contributed by atoms with van der Waals surface area (Å²) in [4.78, 5) is 0. The Hall–Kier alpha value is -2.31. The van der Waals surface area contributed by atoms with Gasteiger partial charge in [-0.25, -0.2) is 0 Å². The van der Waals surface area contributed by atoms with Crippen molar-refractivity contribution in [1.29, 1.82) is 0 Å². The summed E-state index contributed by atoms with van der Waals surface area (Å²) in [5.41, 5.74) is 2.15. The van der Waals surface area contributed by atoms with Gasteiger partial charge < -0.3 is 0 Å². The van der Waals surface area contributed by atoms with E-state index in [0.717, 1.165) is 33.4 Å². The predicted molar refractivity (Wildman–Crippen MR) is 113 cm³/mol. The smallest absolute Gasteiger partial charge is 0.256 e. The lowest BCUT2D eigenvalue weighted by Crippen LogP contribution is -2.19. The first-order valence-electron chi connectivity index (χ1n) is 8.87. The summed E-state index contributed by atoms with van der Waals surface area (Å²) in [5, 5.41) is 6.51. The molecule has 0 radical (unpaired) electrons. The van der Waals surface area contributed by atoms with Crippen LogP contribution in [0.5, 0.6) is 0 Å². The summed E-state index contributed by atoms with van der Waals surface area (Å²) in [6.45, 7) is 0. The molecule has 3 aromatic carbocycles. The minimum Gasteiger partial charge on any atom is -0.256 e. The standard InChI is InChI=1S/C22H15BrClF3N2/c23-17-9-6-14(7-10-17)19-13-20(15-4-2-1-3-5-15)29(28-19)21-12-16(22(25,26)27)8-11-18(21)24/h1-12,20H,13H2/t20-/m0/s1. The van der Waals surface area contributed by atoms with Gasteiger partial charge in [-0.05, 0) is 41.5 Å². The van der Waals surface area contributed by atoms with Gasteiger partial charge in [-0.15, -0.1) is 0 Å². The van der Waals surface area contributed by atoms with Crippen LogP contribution in [0.1, 0.15) is 29.2 Å². The van der Waals surface area contributed by atoms with E-state index in [1.54, 1.807) is 5.01 Å². The van der Waals surface area contributed by atoms with Crippen molar-refractivity contribution in [3.63, 3.8) is 0 Å². The first-order valence-corrected chi connectivity index (χ1v) is 10.0. The molecule has 7 heteroatoms. The molecule has 148 valence electrons. The number of nitrogens with zero attached hydrogens (tertiary/aromatic N) is 2. The number of benzene rings is 3. The van der Waals surface area contributed by atoms with Crippen molar-refractivity contribution >= 4 is 38.9 Å². The molecular formula is C22H15BrClF3N2. The largest absolute Gasteiger partial charge is 0.416 e. The molecule has 0 saturated carbocycles. The van der Waals surface area contributed by atoms with Crippen molar-refractivity contribution in [3.8, 4) is 0 Å². The van der Waals surface area contributed by atoms with E-state index in [0.29, 0.717) is 6.42 Å². The Morgan fingerprint density at radius 2 is 1.66 bits per heavy atom. The second kappa shape index (κ2) is 7.84. The molecule has 3 aromatic rings. The maximum Gasteiger partial charge on any atom is 0.416 e. The highest BCUT2D eigenvalue weighted by atomic mass is 79.9. The van der Waals surface area contributed by atoms with Gasteiger partial charge in [0.2, 0.25) is 0 Å². The number of alkyl halides is 3. The Morgan fingerprint density at radius 3 is 2.31 bits per heavy atom. The van der Waals surface area contributed by atoms with Crippen molar-refractivity contribution < 1.29 is 13.2 Å². The number of halogens is 5. The van der Waals surface area contributed by atoms with Gasteiger partial charge >= 0.3 is 6.18 Å². The van der Waals surface area contributed by atoms with E-state index in [-0.39, 0.29) is 16.8 Å². The molecule has 0 fully saturated rings. The van der Waals surface area contributed by atoms with E-state index in [1.165, 1.54) is 6.07 Å². The first-order chi connectivity index (χ1) is 13.8. The molecule has 0 aromatic heterocycles. The lowest BCUT2D eigenvalue weighted by Gasteiger charge is -2.25. The van der Waals surface area contributed by atoms with E-state index < -0.39 is 11.7 Å². The normalized spacial score (nSPS) is 16.8. The quantitative estimate of drug-likeness (QED) is 0.380. The fraction of sp³-hybridized carbons (Fsp3) is 0.136. The minimum absolute atomic E-state index is 0.222. The molecule has 29 heavy (non-hydrogen) atoms. The van der Waals surface area contributed by atoms with Crippen molar-refractivity contribution in [3.05, 3.63) is 99.0 Å². The maximum absolute atomic E-state index is 13.3. The van der Waals surface area contributed by atoms with Crippen LogP contribution in [0.2, 0.25) is 5.02 Å². The van der Waals surface area contributed by atoms with Crippen LogP contribution in [-0.2, 0) is 6.18 Å². The summed E-state index contributed by atoms with van der Waals surface area (Å²) < 4.78 is 40.8. The van der Waals surface area contributed by atoms with Crippen LogP contribution in [-0.4, -0.2) is 5.71 Å². The SMILES string of the molecule is FC(F)(F)c1ccc(Cl)c(N2N=C(c3ccc(Br)cc3)C[C@H]2c2ccccc2)c1. The third-order valence-electron chi connectivity index (χ3n) is 4.79. The number of anilines is 1. The summed E-state index contributed by atoms with van der Waals surface area (Å²) in [5.74, 6) is 0. The third-order valence-corrected chi connectivity index (χ3v) is 5.64. The topological polar surface area (TPSA) is 15.6 Å². The van der Waals surface area contributed by atoms with Gasteiger partial charge in [0.25, 0.3) is 0 Å². The van der Waals surface area contributed by atoms with Crippen molar-refractivity contribution in [2.24, 2.45) is 5.10 Å².